The molecule has 1 aromatic carbocycles. The molecule has 1 atom stereocenters. The van der Waals surface area contributed by atoms with Gasteiger partial charge < -0.3 is 20.7 Å². The van der Waals surface area contributed by atoms with E-state index in [0.29, 0.717) is 12.1 Å². The number of rotatable bonds is 6. The number of carbonyl (C=O) groups is 1. The lowest BCUT2D eigenvalue weighted by Crippen LogP contribution is -2.49. The first-order chi connectivity index (χ1) is 10.1. The Hall–Kier alpha value is -1.59. The Bertz CT molecular complexity index is 455. The highest BCUT2D eigenvalue weighted by Gasteiger charge is 2.30. The highest BCUT2D eigenvalue weighted by atomic mass is 16.5. The molecule has 5 nitrogen and oxygen atoms in total. The normalized spacial score (nSPS) is 22.2. The van der Waals surface area contributed by atoms with E-state index in [9.17, 15) is 4.79 Å². The second-order valence-corrected chi connectivity index (χ2v) is 5.48. The summed E-state index contributed by atoms with van der Waals surface area (Å²) < 4.78 is 5.48. The lowest BCUT2D eigenvalue weighted by atomic mass is 9.89. The molecule has 1 aliphatic rings. The van der Waals surface area contributed by atoms with E-state index >= 15 is 0 Å². The molecule has 1 fully saturated rings. The van der Waals surface area contributed by atoms with E-state index in [0.717, 1.165) is 25.1 Å². The van der Waals surface area contributed by atoms with E-state index in [-0.39, 0.29) is 12.1 Å². The number of hydrogen-bond donors (Lipinski definition) is 3. The van der Waals surface area contributed by atoms with E-state index in [1.54, 1.807) is 0 Å². The lowest BCUT2D eigenvalue weighted by Gasteiger charge is -2.35. The summed E-state index contributed by atoms with van der Waals surface area (Å²) in [4.78, 5) is 11.9. The zero-order valence-corrected chi connectivity index (χ0v) is 13.0. The molecular weight excluding hydrogens is 266 g/mol. The van der Waals surface area contributed by atoms with Gasteiger partial charge in [-0.1, -0.05) is 12.1 Å². The molecule has 0 aliphatic heterocycles. The number of ether oxygens (including phenoxy) is 1. The highest BCUT2D eigenvalue weighted by molar-refractivity contribution is 5.89. The van der Waals surface area contributed by atoms with Gasteiger partial charge in [0.2, 0.25) is 0 Å². The Kier molecular flexibility index (Phi) is 5.59. The SMILES string of the molecule is CCOC1CC(NC(=O)Nc2ccc(C(C)NC)cc2)C1. The molecule has 0 saturated heterocycles. The molecule has 116 valence electrons. The van der Waals surface area contributed by atoms with Crippen molar-refractivity contribution in [3.8, 4) is 0 Å². The van der Waals surface area contributed by atoms with E-state index in [1.165, 1.54) is 5.56 Å². The van der Waals surface area contributed by atoms with Crippen molar-refractivity contribution < 1.29 is 9.53 Å². The molecule has 0 heterocycles. The van der Waals surface area contributed by atoms with Crippen LogP contribution in [0, 0.1) is 0 Å². The van der Waals surface area contributed by atoms with Crippen LogP contribution < -0.4 is 16.0 Å². The van der Waals surface area contributed by atoms with Gasteiger partial charge in [0, 0.05) is 24.4 Å². The molecule has 21 heavy (non-hydrogen) atoms. The molecule has 1 aliphatic carbocycles. The number of benzene rings is 1. The Morgan fingerprint density at radius 2 is 2.00 bits per heavy atom. The van der Waals surface area contributed by atoms with Crippen LogP contribution in [0.2, 0.25) is 0 Å². The molecule has 0 spiro atoms. The van der Waals surface area contributed by atoms with Crippen molar-refractivity contribution in [2.75, 3.05) is 19.0 Å². The first-order valence-corrected chi connectivity index (χ1v) is 7.58. The number of carbonyl (C=O) groups excluding carboxylic acids is 1. The van der Waals surface area contributed by atoms with E-state index in [2.05, 4.69) is 22.9 Å². The van der Waals surface area contributed by atoms with Crippen LogP contribution in [0.4, 0.5) is 10.5 Å². The van der Waals surface area contributed by atoms with Crippen LogP contribution in [0.5, 0.6) is 0 Å². The second-order valence-electron chi connectivity index (χ2n) is 5.48. The third-order valence-electron chi connectivity index (χ3n) is 3.93. The molecule has 0 bridgehead atoms. The van der Waals surface area contributed by atoms with Gasteiger partial charge in [0.25, 0.3) is 0 Å². The van der Waals surface area contributed by atoms with E-state index in [1.807, 2.05) is 38.2 Å². The average Bonchev–Trinajstić information content (AvgIpc) is 2.45. The minimum Gasteiger partial charge on any atom is -0.378 e. The summed E-state index contributed by atoms with van der Waals surface area (Å²) in [6.45, 7) is 4.83. The standard InChI is InChI=1S/C16H25N3O2/c1-4-21-15-9-14(10-15)19-16(20)18-13-7-5-12(6-8-13)11(2)17-3/h5-8,11,14-15,17H,4,9-10H2,1-3H3,(H2,18,19,20). The summed E-state index contributed by atoms with van der Waals surface area (Å²) in [5.74, 6) is 0. The summed E-state index contributed by atoms with van der Waals surface area (Å²) in [6, 6.07) is 8.27. The van der Waals surface area contributed by atoms with Gasteiger partial charge in [0.05, 0.1) is 6.10 Å². The molecule has 2 rings (SSSR count). The maximum Gasteiger partial charge on any atom is 0.319 e. The Morgan fingerprint density at radius 3 is 2.57 bits per heavy atom. The quantitative estimate of drug-likeness (QED) is 0.755. The van der Waals surface area contributed by atoms with Gasteiger partial charge in [0.1, 0.15) is 0 Å². The fourth-order valence-electron chi connectivity index (χ4n) is 2.43. The summed E-state index contributed by atoms with van der Waals surface area (Å²) >= 11 is 0. The molecular formula is C16H25N3O2. The summed E-state index contributed by atoms with van der Waals surface area (Å²) in [6.07, 6.45) is 2.11. The lowest BCUT2D eigenvalue weighted by molar-refractivity contribution is -0.00673. The minimum absolute atomic E-state index is 0.149. The van der Waals surface area contributed by atoms with Crippen LogP contribution >= 0.6 is 0 Å². The molecule has 1 saturated carbocycles. The smallest absolute Gasteiger partial charge is 0.319 e. The van der Waals surface area contributed by atoms with Gasteiger partial charge in [-0.2, -0.15) is 0 Å². The number of urea groups is 1. The highest BCUT2D eigenvalue weighted by Crippen LogP contribution is 2.23. The zero-order valence-electron chi connectivity index (χ0n) is 13.0. The second kappa shape index (κ2) is 7.43. The number of anilines is 1. The predicted octanol–water partition coefficient (Wildman–Crippen LogP) is 2.66. The van der Waals surface area contributed by atoms with Gasteiger partial charge in [-0.15, -0.1) is 0 Å². The average molecular weight is 291 g/mol. The van der Waals surface area contributed by atoms with Gasteiger partial charge >= 0.3 is 6.03 Å². The molecule has 3 N–H and O–H groups in total. The van der Waals surface area contributed by atoms with Crippen molar-refractivity contribution >= 4 is 11.7 Å². The maximum absolute atomic E-state index is 11.9. The molecule has 5 heteroatoms. The van der Waals surface area contributed by atoms with Gasteiger partial charge in [-0.05, 0) is 51.4 Å². The zero-order chi connectivity index (χ0) is 15.2. The summed E-state index contributed by atoms with van der Waals surface area (Å²) in [5, 5.41) is 9.01. The number of amides is 2. The van der Waals surface area contributed by atoms with Crippen molar-refractivity contribution in [1.29, 1.82) is 0 Å². The van der Waals surface area contributed by atoms with Gasteiger partial charge in [-0.3, -0.25) is 0 Å². The van der Waals surface area contributed by atoms with Crippen LogP contribution in [0.3, 0.4) is 0 Å². The molecule has 1 aromatic rings. The van der Waals surface area contributed by atoms with Gasteiger partial charge in [0.15, 0.2) is 0 Å². The topological polar surface area (TPSA) is 62.4 Å². The first kappa shape index (κ1) is 15.8. The third kappa shape index (κ3) is 4.44. The van der Waals surface area contributed by atoms with Crippen LogP contribution in [0.25, 0.3) is 0 Å². The first-order valence-electron chi connectivity index (χ1n) is 7.58. The maximum atomic E-state index is 11.9. The largest absolute Gasteiger partial charge is 0.378 e. The third-order valence-corrected chi connectivity index (χ3v) is 3.93. The monoisotopic (exact) mass is 291 g/mol. The molecule has 0 aromatic heterocycles. The molecule has 0 radical (unpaired) electrons. The Morgan fingerprint density at radius 1 is 1.33 bits per heavy atom. The van der Waals surface area contributed by atoms with Crippen molar-refractivity contribution in [2.24, 2.45) is 0 Å². The molecule has 1 unspecified atom stereocenters. The van der Waals surface area contributed by atoms with Crippen molar-refractivity contribution in [3.63, 3.8) is 0 Å². The summed E-state index contributed by atoms with van der Waals surface area (Å²) in [5.41, 5.74) is 2.00. The van der Waals surface area contributed by atoms with E-state index < -0.39 is 0 Å². The Balaban J connectivity index is 1.75. The van der Waals surface area contributed by atoms with Crippen LogP contribution in [0.15, 0.2) is 24.3 Å². The van der Waals surface area contributed by atoms with Crippen LogP contribution in [-0.2, 0) is 4.74 Å². The van der Waals surface area contributed by atoms with Crippen LogP contribution in [-0.4, -0.2) is 31.8 Å². The van der Waals surface area contributed by atoms with Crippen molar-refractivity contribution in [3.05, 3.63) is 29.8 Å². The van der Waals surface area contributed by atoms with Crippen molar-refractivity contribution in [1.82, 2.24) is 10.6 Å². The minimum atomic E-state index is -0.149. The predicted molar refractivity (Wildman–Crippen MR) is 84.5 cm³/mol. The summed E-state index contributed by atoms with van der Waals surface area (Å²) in [7, 11) is 1.93. The van der Waals surface area contributed by atoms with E-state index in [4.69, 9.17) is 4.74 Å². The van der Waals surface area contributed by atoms with Gasteiger partial charge in [-0.25, -0.2) is 4.79 Å². The number of nitrogens with one attached hydrogen (secondary N) is 3. The molecule has 2 amide bonds. The van der Waals surface area contributed by atoms with Crippen molar-refractivity contribution in [2.45, 2.75) is 44.9 Å². The number of hydrogen-bond acceptors (Lipinski definition) is 3. The Labute approximate surface area is 126 Å². The fraction of sp³-hybridized carbons (Fsp3) is 0.562. The fourth-order valence-corrected chi connectivity index (χ4v) is 2.43. The van der Waals surface area contributed by atoms with Crippen LogP contribution in [0.1, 0.15) is 38.3 Å².